The van der Waals surface area contributed by atoms with Gasteiger partial charge in [0.15, 0.2) is 5.75 Å². The third kappa shape index (κ3) is 5.11. The molecule has 1 aromatic carbocycles. The topological polar surface area (TPSA) is 89.9 Å². The first-order chi connectivity index (χ1) is 8.62. The summed E-state index contributed by atoms with van der Waals surface area (Å²) in [6.07, 6.45) is -6.13. The summed E-state index contributed by atoms with van der Waals surface area (Å²) in [4.78, 5) is 7.54. The third-order valence-corrected chi connectivity index (χ3v) is 3.49. The second-order valence-corrected chi connectivity index (χ2v) is 5.59. The van der Waals surface area contributed by atoms with E-state index in [2.05, 4.69) is 8.92 Å². The molecule has 1 N–H and O–H groups in total. The number of para-hydroxylation sites is 1. The molecule has 11 heteroatoms. The van der Waals surface area contributed by atoms with Gasteiger partial charge in [-0.1, -0.05) is 12.1 Å². The van der Waals surface area contributed by atoms with Crippen molar-refractivity contribution in [3.8, 4) is 5.75 Å². The molecule has 1 unspecified atom stereocenters. The van der Waals surface area contributed by atoms with Crippen LogP contribution in [-0.2, 0) is 18.9 Å². The lowest BCUT2D eigenvalue weighted by Gasteiger charge is -2.12. The monoisotopic (exact) mass is 319 g/mol. The lowest BCUT2D eigenvalue weighted by atomic mass is 10.3. The zero-order chi connectivity index (χ0) is 14.7. The van der Waals surface area contributed by atoms with Crippen LogP contribution in [0, 0.1) is 0 Å². The van der Waals surface area contributed by atoms with Crippen LogP contribution >= 0.6 is 8.03 Å². The molecule has 1 rings (SSSR count). The van der Waals surface area contributed by atoms with Crippen LogP contribution in [-0.4, -0.2) is 26.0 Å². The van der Waals surface area contributed by atoms with E-state index in [-0.39, 0.29) is 0 Å². The summed E-state index contributed by atoms with van der Waals surface area (Å²) >= 11 is 0. The van der Waals surface area contributed by atoms with Gasteiger partial charge in [-0.3, -0.25) is 0 Å². The van der Waals surface area contributed by atoms with Crippen molar-refractivity contribution < 1.29 is 40.0 Å². The highest BCUT2D eigenvalue weighted by Gasteiger charge is 2.34. The van der Waals surface area contributed by atoms with Crippen molar-refractivity contribution in [2.75, 3.05) is 6.35 Å². The lowest BCUT2D eigenvalue weighted by Crippen LogP contribution is -2.19. The Bertz CT molecular complexity index is 570. The summed E-state index contributed by atoms with van der Waals surface area (Å²) in [6, 6.07) is 3.88. The average Bonchev–Trinajstić information content (AvgIpc) is 2.25. The highest BCUT2D eigenvalue weighted by molar-refractivity contribution is 7.87. The van der Waals surface area contributed by atoms with E-state index in [1.54, 1.807) is 0 Å². The highest BCUT2D eigenvalue weighted by atomic mass is 32.2. The van der Waals surface area contributed by atoms with Crippen molar-refractivity contribution >= 4 is 18.1 Å². The van der Waals surface area contributed by atoms with Crippen LogP contribution in [0.2, 0.25) is 0 Å². The second kappa shape index (κ2) is 5.83. The minimum absolute atomic E-state index is 0.780. The van der Waals surface area contributed by atoms with Gasteiger partial charge in [-0.25, -0.2) is 4.18 Å². The first-order valence-electron chi connectivity index (χ1n) is 4.49. The molecule has 0 aliphatic carbocycles. The largest absolute Gasteiger partial charge is 0.573 e. The van der Waals surface area contributed by atoms with Gasteiger partial charge in [-0.15, -0.1) is 13.2 Å². The van der Waals surface area contributed by atoms with E-state index >= 15 is 0 Å². The molecule has 0 aromatic heterocycles. The summed E-state index contributed by atoms with van der Waals surface area (Å²) in [5.41, 5.74) is 0. The van der Waals surface area contributed by atoms with Gasteiger partial charge in [-0.05, 0) is 16.7 Å². The van der Waals surface area contributed by atoms with E-state index in [1.165, 1.54) is 0 Å². The van der Waals surface area contributed by atoms with Crippen molar-refractivity contribution in [3.63, 3.8) is 0 Å². The molecule has 6 nitrogen and oxygen atoms in total. The van der Waals surface area contributed by atoms with E-state index in [4.69, 9.17) is 4.89 Å². The molecule has 0 saturated heterocycles. The molecular formula is C8H7F3O6PS+. The molecule has 0 heterocycles. The number of benzene rings is 1. The van der Waals surface area contributed by atoms with Gasteiger partial charge in [0, 0.05) is 0 Å². The molecule has 0 amide bonds. The Labute approximate surface area is 106 Å². The van der Waals surface area contributed by atoms with E-state index in [0.717, 1.165) is 24.3 Å². The molecule has 0 radical (unpaired) electrons. The van der Waals surface area contributed by atoms with Gasteiger partial charge in [0.25, 0.3) is 6.35 Å². The van der Waals surface area contributed by atoms with Crippen LogP contribution in [0.25, 0.3) is 0 Å². The maximum atomic E-state index is 12.1. The molecule has 19 heavy (non-hydrogen) atoms. The Morgan fingerprint density at radius 1 is 1.26 bits per heavy atom. The quantitative estimate of drug-likeness (QED) is 0.659. The zero-order valence-electron chi connectivity index (χ0n) is 8.99. The van der Waals surface area contributed by atoms with Crippen LogP contribution in [0.3, 0.4) is 0 Å². The van der Waals surface area contributed by atoms with Crippen LogP contribution < -0.4 is 4.74 Å². The molecule has 1 aromatic rings. The molecule has 0 bridgehead atoms. The average molecular weight is 319 g/mol. The van der Waals surface area contributed by atoms with Crippen molar-refractivity contribution in [1.29, 1.82) is 0 Å². The molecule has 1 atom stereocenters. The smallest absolute Gasteiger partial charge is 0.404 e. The summed E-state index contributed by atoms with van der Waals surface area (Å²) in [6.45, 7) is 0. The fourth-order valence-electron chi connectivity index (χ4n) is 1.04. The number of halogens is 3. The number of hydrogen-bond acceptors (Lipinski definition) is 5. The number of ether oxygens (including phenoxy) is 1. The summed E-state index contributed by atoms with van der Waals surface area (Å²) in [5.74, 6) is -0.983. The minimum Gasteiger partial charge on any atom is -0.404 e. The highest BCUT2D eigenvalue weighted by Crippen LogP contribution is 2.31. The number of hydrogen-bond donors (Lipinski definition) is 1. The molecule has 0 aliphatic heterocycles. The molecule has 0 spiro atoms. The van der Waals surface area contributed by atoms with Gasteiger partial charge in [0.05, 0.1) is 0 Å². The fraction of sp³-hybridized carbons (Fsp3) is 0.250. The Hall–Kier alpha value is -1.22. The normalized spacial score (nSPS) is 13.2. The van der Waals surface area contributed by atoms with Crippen LogP contribution in [0.15, 0.2) is 29.2 Å². The summed E-state index contributed by atoms with van der Waals surface area (Å²) in [5, 5.41) is 0. The van der Waals surface area contributed by atoms with E-state index in [0.29, 0.717) is 0 Å². The fourth-order valence-corrected chi connectivity index (χ4v) is 2.69. The summed E-state index contributed by atoms with van der Waals surface area (Å²) < 4.78 is 77.3. The Kier molecular flexibility index (Phi) is 4.86. The minimum atomic E-state index is -5.08. The van der Waals surface area contributed by atoms with Gasteiger partial charge in [-0.2, -0.15) is 13.3 Å². The van der Waals surface area contributed by atoms with Crippen molar-refractivity contribution in [2.24, 2.45) is 0 Å². The van der Waals surface area contributed by atoms with E-state index in [1.807, 2.05) is 0 Å². The van der Waals surface area contributed by atoms with Crippen molar-refractivity contribution in [2.45, 2.75) is 11.3 Å². The molecule has 106 valence electrons. The van der Waals surface area contributed by atoms with Gasteiger partial charge >= 0.3 is 24.5 Å². The van der Waals surface area contributed by atoms with Crippen molar-refractivity contribution in [1.82, 2.24) is 0 Å². The Morgan fingerprint density at radius 3 is 2.37 bits per heavy atom. The molecule has 0 aliphatic rings. The van der Waals surface area contributed by atoms with Crippen LogP contribution in [0.4, 0.5) is 13.2 Å². The number of rotatable bonds is 5. The van der Waals surface area contributed by atoms with Crippen LogP contribution in [0.5, 0.6) is 5.75 Å². The molecule has 0 saturated carbocycles. The summed E-state index contributed by atoms with van der Waals surface area (Å²) in [7, 11) is -7.53. The molecular weight excluding hydrogens is 312 g/mol. The SMILES string of the molecule is O=[P+](O)COS(=O)(=O)c1ccccc1OC(F)(F)F. The first kappa shape index (κ1) is 15.8. The Balaban J connectivity index is 3.09. The van der Waals surface area contributed by atoms with Gasteiger partial charge in [0.1, 0.15) is 4.90 Å². The second-order valence-electron chi connectivity index (χ2n) is 3.05. The van der Waals surface area contributed by atoms with Crippen LogP contribution in [0.1, 0.15) is 0 Å². The van der Waals surface area contributed by atoms with E-state index < -0.39 is 41.5 Å². The first-order valence-corrected chi connectivity index (χ1v) is 7.30. The van der Waals surface area contributed by atoms with Gasteiger partial charge < -0.3 is 4.74 Å². The van der Waals surface area contributed by atoms with Crippen molar-refractivity contribution in [3.05, 3.63) is 24.3 Å². The van der Waals surface area contributed by atoms with E-state index in [9.17, 15) is 26.2 Å². The maximum absolute atomic E-state index is 12.1. The maximum Gasteiger partial charge on any atom is 0.573 e. The zero-order valence-corrected chi connectivity index (χ0v) is 10.7. The number of alkyl halides is 3. The third-order valence-electron chi connectivity index (χ3n) is 1.66. The molecule has 0 fully saturated rings. The standard InChI is InChI=1S/C8H6F3O6PS/c9-8(10,11)17-6-3-1-2-4-7(6)19(14,15)16-5-18(12)13/h1-4H,5H2/p+1. The Morgan fingerprint density at radius 2 is 1.84 bits per heavy atom. The van der Waals surface area contributed by atoms with Gasteiger partial charge in [0.2, 0.25) is 0 Å². The lowest BCUT2D eigenvalue weighted by molar-refractivity contribution is -0.275. The predicted octanol–water partition coefficient (Wildman–Crippen LogP) is 1.98. The predicted molar refractivity (Wildman–Crippen MR) is 56.1 cm³/mol.